The van der Waals surface area contributed by atoms with Crippen molar-refractivity contribution in [1.29, 1.82) is 0 Å². The summed E-state index contributed by atoms with van der Waals surface area (Å²) in [5.41, 5.74) is 2.47. The summed E-state index contributed by atoms with van der Waals surface area (Å²) in [6, 6.07) is 19.3. The molecular formula is C39H48N2O10. The van der Waals surface area contributed by atoms with Crippen molar-refractivity contribution in [1.82, 2.24) is 4.90 Å². The van der Waals surface area contributed by atoms with E-state index >= 15 is 0 Å². The predicted molar refractivity (Wildman–Crippen MR) is 189 cm³/mol. The number of methoxy groups -OCH3 is 1. The molecule has 0 N–H and O–H groups in total. The molecule has 3 aliphatic heterocycles. The Bertz CT molecular complexity index is 1640. The molecule has 12 heteroatoms. The van der Waals surface area contributed by atoms with Gasteiger partial charge in [-0.2, -0.15) is 4.89 Å². The van der Waals surface area contributed by atoms with Crippen LogP contribution in [0.3, 0.4) is 0 Å². The third-order valence-corrected chi connectivity index (χ3v) is 9.41. The molecule has 0 spiro atoms. The second-order valence-corrected chi connectivity index (χ2v) is 14.0. The molecule has 6 rings (SSSR count). The van der Waals surface area contributed by atoms with Crippen LogP contribution in [-0.4, -0.2) is 76.4 Å². The Hall–Kier alpha value is -4.68. The first kappa shape index (κ1) is 36.1. The molecule has 0 aromatic heterocycles. The topological polar surface area (TPSA) is 114 Å². The van der Waals surface area contributed by atoms with Crippen LogP contribution in [0.15, 0.2) is 60.7 Å². The Morgan fingerprint density at radius 1 is 0.863 bits per heavy atom. The number of hydrogen-bond acceptors (Lipinski definition) is 10. The van der Waals surface area contributed by atoms with Gasteiger partial charge in [0.2, 0.25) is 6.79 Å². The number of anilines is 1. The van der Waals surface area contributed by atoms with Crippen LogP contribution in [-0.2, 0) is 25.9 Å². The van der Waals surface area contributed by atoms with E-state index in [9.17, 15) is 9.59 Å². The van der Waals surface area contributed by atoms with Crippen molar-refractivity contribution < 1.29 is 47.8 Å². The lowest BCUT2D eigenvalue weighted by atomic mass is 9.75. The van der Waals surface area contributed by atoms with Crippen LogP contribution in [0.25, 0.3) is 0 Å². The Morgan fingerprint density at radius 3 is 2.39 bits per heavy atom. The van der Waals surface area contributed by atoms with Crippen molar-refractivity contribution in [3.63, 3.8) is 0 Å². The zero-order valence-electron chi connectivity index (χ0n) is 29.9. The van der Waals surface area contributed by atoms with Crippen LogP contribution in [0.4, 0.5) is 10.5 Å². The molecule has 1 fully saturated rings. The molecule has 2 atom stereocenters. The van der Waals surface area contributed by atoms with Gasteiger partial charge in [0, 0.05) is 45.3 Å². The maximum Gasteiger partial charge on any atom is 0.441 e. The number of piperidine rings is 1. The summed E-state index contributed by atoms with van der Waals surface area (Å²) in [6.07, 6.45) is 2.54. The summed E-state index contributed by atoms with van der Waals surface area (Å²) in [5.74, 6) is 3.80. The maximum absolute atomic E-state index is 13.3. The van der Waals surface area contributed by atoms with Gasteiger partial charge in [-0.05, 0) is 78.1 Å². The lowest BCUT2D eigenvalue weighted by Gasteiger charge is -2.45. The van der Waals surface area contributed by atoms with Crippen molar-refractivity contribution in [3.05, 3.63) is 71.8 Å². The lowest BCUT2D eigenvalue weighted by Crippen LogP contribution is -2.51. The number of benzene rings is 3. The number of ether oxygens (including phenoxy) is 6. The monoisotopic (exact) mass is 704 g/mol. The first-order valence-corrected chi connectivity index (χ1v) is 17.6. The van der Waals surface area contributed by atoms with E-state index in [0.29, 0.717) is 56.5 Å². The summed E-state index contributed by atoms with van der Waals surface area (Å²) in [7, 11) is 1.64. The fourth-order valence-corrected chi connectivity index (χ4v) is 6.69. The maximum atomic E-state index is 13.3. The number of fused-ring (bicyclic) bond motifs is 2. The van der Waals surface area contributed by atoms with Crippen molar-refractivity contribution >= 4 is 17.7 Å². The molecular weight excluding hydrogens is 656 g/mol. The number of hydrogen-bond donors (Lipinski definition) is 0. The minimum Gasteiger partial charge on any atom is -0.493 e. The molecule has 1 saturated heterocycles. The highest BCUT2D eigenvalue weighted by atomic mass is 17.2. The van der Waals surface area contributed by atoms with Crippen LogP contribution in [0.2, 0.25) is 0 Å². The molecule has 2 unspecified atom stereocenters. The average molecular weight is 705 g/mol. The van der Waals surface area contributed by atoms with E-state index in [0.717, 1.165) is 42.1 Å². The van der Waals surface area contributed by atoms with Crippen molar-refractivity contribution in [2.45, 2.75) is 65.0 Å². The van der Waals surface area contributed by atoms with E-state index in [1.807, 2.05) is 48.5 Å². The standard InChI is InChI=1S/C39H48N2O10/c1-39(2,3)36-22-29(28-8-10-30(11-9-28)45-19-6-20-46-31-12-14-34-35(23-31)49-26-48-34)15-17-41(36)38(43)51-50-24-27-7-13-33-32(21-27)40(16-5-18-44-4)37(42)25-47-33/h7-14,21,23,29,36H,5-6,15-20,22,24-26H2,1-4H3. The van der Waals surface area contributed by atoms with E-state index in [-0.39, 0.29) is 43.3 Å². The summed E-state index contributed by atoms with van der Waals surface area (Å²) < 4.78 is 33.3. The third kappa shape index (κ3) is 9.17. The van der Waals surface area contributed by atoms with E-state index in [1.54, 1.807) is 16.9 Å². The van der Waals surface area contributed by atoms with Gasteiger partial charge in [-0.15, -0.1) is 0 Å². The van der Waals surface area contributed by atoms with Gasteiger partial charge in [-0.25, -0.2) is 4.79 Å². The Labute approximate surface area is 299 Å². The molecule has 3 aliphatic rings. The molecule has 3 aromatic rings. The number of likely N-dealkylation sites (tertiary alicyclic amines) is 1. The fraction of sp³-hybridized carbons (Fsp3) is 0.487. The molecule has 2 amide bonds. The highest BCUT2D eigenvalue weighted by molar-refractivity contribution is 5.97. The van der Waals surface area contributed by atoms with E-state index in [1.165, 1.54) is 5.56 Å². The largest absolute Gasteiger partial charge is 0.493 e. The molecule has 0 radical (unpaired) electrons. The average Bonchev–Trinajstić information content (AvgIpc) is 3.60. The fourth-order valence-electron chi connectivity index (χ4n) is 6.69. The molecule has 3 aromatic carbocycles. The van der Waals surface area contributed by atoms with Gasteiger partial charge < -0.3 is 38.2 Å². The molecule has 274 valence electrons. The number of carbonyl (C=O) groups excluding carboxylic acids is 2. The summed E-state index contributed by atoms with van der Waals surface area (Å²) in [4.78, 5) is 40.2. The summed E-state index contributed by atoms with van der Waals surface area (Å²) in [6.45, 7) is 9.38. The predicted octanol–water partition coefficient (Wildman–Crippen LogP) is 6.89. The molecule has 0 aliphatic carbocycles. The van der Waals surface area contributed by atoms with Crippen LogP contribution in [0.5, 0.6) is 28.7 Å². The number of nitrogens with zero attached hydrogens (tertiary/aromatic N) is 2. The SMILES string of the molecule is COCCCN1C(=O)COc2ccc(COOC(=O)N3CCC(c4ccc(OCCCOc5ccc6c(c5)OCO6)cc4)CC3C(C)(C)C)cc21. The van der Waals surface area contributed by atoms with Crippen molar-refractivity contribution in [2.75, 3.05) is 58.3 Å². The van der Waals surface area contributed by atoms with E-state index < -0.39 is 6.09 Å². The van der Waals surface area contributed by atoms with Gasteiger partial charge in [-0.1, -0.05) is 39.0 Å². The Kier molecular flexibility index (Phi) is 11.7. The highest BCUT2D eigenvalue weighted by Gasteiger charge is 2.40. The highest BCUT2D eigenvalue weighted by Crippen LogP contribution is 2.40. The van der Waals surface area contributed by atoms with Gasteiger partial charge in [-0.3, -0.25) is 9.68 Å². The number of amides is 2. The quantitative estimate of drug-likeness (QED) is 0.0999. The number of rotatable bonds is 14. The van der Waals surface area contributed by atoms with Crippen molar-refractivity contribution in [2.24, 2.45) is 5.41 Å². The van der Waals surface area contributed by atoms with Gasteiger partial charge in [0.15, 0.2) is 18.1 Å². The zero-order valence-corrected chi connectivity index (χ0v) is 29.9. The lowest BCUT2D eigenvalue weighted by molar-refractivity contribution is -0.258. The minimum absolute atomic E-state index is 0.000521. The smallest absolute Gasteiger partial charge is 0.441 e. The van der Waals surface area contributed by atoms with Crippen LogP contribution >= 0.6 is 0 Å². The van der Waals surface area contributed by atoms with Gasteiger partial charge in [0.05, 0.1) is 18.9 Å². The van der Waals surface area contributed by atoms with Crippen LogP contribution in [0.1, 0.15) is 63.5 Å². The second kappa shape index (κ2) is 16.6. The normalized spacial score (nSPS) is 18.2. The molecule has 0 saturated carbocycles. The van der Waals surface area contributed by atoms with E-state index in [4.69, 9.17) is 38.2 Å². The first-order valence-electron chi connectivity index (χ1n) is 17.6. The Morgan fingerprint density at radius 2 is 1.61 bits per heavy atom. The second-order valence-electron chi connectivity index (χ2n) is 14.0. The molecule has 12 nitrogen and oxygen atoms in total. The summed E-state index contributed by atoms with van der Waals surface area (Å²) in [5, 5.41) is 0. The third-order valence-electron chi connectivity index (χ3n) is 9.41. The van der Waals surface area contributed by atoms with Gasteiger partial charge in [0.1, 0.15) is 23.9 Å². The Balaban J connectivity index is 0.964. The van der Waals surface area contributed by atoms with Crippen LogP contribution < -0.4 is 28.6 Å². The number of carbonyl (C=O) groups is 2. The van der Waals surface area contributed by atoms with Gasteiger partial charge >= 0.3 is 6.09 Å². The molecule has 0 bridgehead atoms. The first-order chi connectivity index (χ1) is 24.7. The minimum atomic E-state index is -0.503. The van der Waals surface area contributed by atoms with Gasteiger partial charge in [0.25, 0.3) is 5.91 Å². The van der Waals surface area contributed by atoms with Crippen LogP contribution in [0, 0.1) is 5.41 Å². The summed E-state index contributed by atoms with van der Waals surface area (Å²) >= 11 is 0. The van der Waals surface area contributed by atoms with E-state index in [2.05, 4.69) is 32.9 Å². The molecule has 51 heavy (non-hydrogen) atoms. The van der Waals surface area contributed by atoms with Crippen molar-refractivity contribution in [3.8, 4) is 28.7 Å². The zero-order chi connectivity index (χ0) is 35.8. The molecule has 3 heterocycles.